The molecule has 1 aromatic rings. The average Bonchev–Trinajstić information content (AvgIpc) is 2.40. The number of unbranched alkanes of at least 4 members (excludes halogenated alkanes) is 3. The number of rotatable bonds is 9. The minimum atomic E-state index is -2.76. The molecule has 1 atom stereocenters. The van der Waals surface area contributed by atoms with Crippen LogP contribution in [0.3, 0.4) is 0 Å². The molecule has 0 amide bonds. The summed E-state index contributed by atoms with van der Waals surface area (Å²) in [4.78, 5) is 0. The molecule has 1 unspecified atom stereocenters. The first kappa shape index (κ1) is 15.9. The summed E-state index contributed by atoms with van der Waals surface area (Å²) in [5.74, 6) is 0.208. The maximum absolute atomic E-state index is 12.1. The molecule has 0 saturated carbocycles. The minimum Gasteiger partial charge on any atom is -0.435 e. The van der Waals surface area contributed by atoms with Gasteiger partial charge in [0.2, 0.25) is 0 Å². The number of ether oxygens (including phenoxy) is 1. The van der Waals surface area contributed by atoms with Crippen molar-refractivity contribution in [1.82, 2.24) is 5.32 Å². The number of alkyl halides is 2. The van der Waals surface area contributed by atoms with Crippen LogP contribution in [-0.2, 0) is 0 Å². The molecule has 0 heterocycles. The first-order valence-corrected chi connectivity index (χ1v) is 6.89. The van der Waals surface area contributed by atoms with E-state index in [9.17, 15) is 8.78 Å². The van der Waals surface area contributed by atoms with Crippen molar-refractivity contribution < 1.29 is 13.5 Å². The van der Waals surface area contributed by atoms with Crippen LogP contribution in [0, 0.1) is 0 Å². The molecule has 108 valence electrons. The Morgan fingerprint density at radius 2 is 1.79 bits per heavy atom. The smallest absolute Gasteiger partial charge is 0.387 e. The van der Waals surface area contributed by atoms with Crippen LogP contribution in [0.5, 0.6) is 5.75 Å². The van der Waals surface area contributed by atoms with Crippen molar-refractivity contribution in [2.45, 2.75) is 51.7 Å². The van der Waals surface area contributed by atoms with Gasteiger partial charge in [0.15, 0.2) is 0 Å². The molecule has 1 aromatic carbocycles. The number of nitrogens with one attached hydrogen (secondary N) is 1. The van der Waals surface area contributed by atoms with Crippen LogP contribution in [0.2, 0.25) is 0 Å². The summed E-state index contributed by atoms with van der Waals surface area (Å²) in [5, 5.41) is 3.27. The lowest BCUT2D eigenvalue weighted by molar-refractivity contribution is -0.0498. The van der Waals surface area contributed by atoms with Gasteiger partial charge in [-0.15, -0.1) is 0 Å². The molecule has 2 nitrogen and oxygen atoms in total. The molecule has 0 aliphatic carbocycles. The highest BCUT2D eigenvalue weighted by Gasteiger charge is 2.10. The molecule has 0 spiro atoms. The van der Waals surface area contributed by atoms with Gasteiger partial charge >= 0.3 is 6.61 Å². The van der Waals surface area contributed by atoms with E-state index >= 15 is 0 Å². The zero-order valence-electron chi connectivity index (χ0n) is 11.7. The molecule has 0 saturated heterocycles. The highest BCUT2D eigenvalue weighted by Crippen LogP contribution is 2.23. The SMILES string of the molecule is CCCCCCC(NC)c1ccc(OC(F)F)cc1. The second-order valence-electron chi connectivity index (χ2n) is 4.64. The second kappa shape index (κ2) is 8.86. The van der Waals surface area contributed by atoms with E-state index in [-0.39, 0.29) is 11.8 Å². The van der Waals surface area contributed by atoms with Crippen LogP contribution in [0.15, 0.2) is 24.3 Å². The maximum Gasteiger partial charge on any atom is 0.387 e. The molecule has 0 fully saturated rings. The maximum atomic E-state index is 12.1. The van der Waals surface area contributed by atoms with Crippen molar-refractivity contribution in [3.63, 3.8) is 0 Å². The Morgan fingerprint density at radius 3 is 2.32 bits per heavy atom. The lowest BCUT2D eigenvalue weighted by Crippen LogP contribution is -2.16. The molecule has 1 N–H and O–H groups in total. The topological polar surface area (TPSA) is 21.3 Å². The Morgan fingerprint density at radius 1 is 1.11 bits per heavy atom. The molecule has 0 aromatic heterocycles. The van der Waals surface area contributed by atoms with E-state index in [4.69, 9.17) is 0 Å². The third-order valence-corrected chi connectivity index (χ3v) is 3.20. The zero-order valence-corrected chi connectivity index (χ0v) is 11.7. The van der Waals surface area contributed by atoms with E-state index in [1.54, 1.807) is 12.1 Å². The van der Waals surface area contributed by atoms with Crippen LogP contribution in [0.25, 0.3) is 0 Å². The lowest BCUT2D eigenvalue weighted by atomic mass is 10.00. The summed E-state index contributed by atoms with van der Waals surface area (Å²) in [6.45, 7) is -0.572. The second-order valence-corrected chi connectivity index (χ2v) is 4.64. The van der Waals surface area contributed by atoms with E-state index in [0.717, 1.165) is 12.0 Å². The van der Waals surface area contributed by atoms with Gasteiger partial charge in [0.25, 0.3) is 0 Å². The van der Waals surface area contributed by atoms with E-state index in [1.807, 2.05) is 19.2 Å². The van der Waals surface area contributed by atoms with Crippen molar-refractivity contribution in [3.8, 4) is 5.75 Å². The molecule has 4 heteroatoms. The van der Waals surface area contributed by atoms with E-state index in [1.165, 1.54) is 25.7 Å². The number of benzene rings is 1. The minimum absolute atomic E-state index is 0.208. The third kappa shape index (κ3) is 6.01. The van der Waals surface area contributed by atoms with Crippen molar-refractivity contribution >= 4 is 0 Å². The van der Waals surface area contributed by atoms with Gasteiger partial charge in [0.05, 0.1) is 0 Å². The zero-order chi connectivity index (χ0) is 14.1. The van der Waals surface area contributed by atoms with E-state index in [2.05, 4.69) is 17.0 Å². The van der Waals surface area contributed by atoms with Crippen LogP contribution in [0.1, 0.15) is 50.6 Å². The normalized spacial score (nSPS) is 12.7. The molecule has 0 aliphatic heterocycles. The summed E-state index contributed by atoms with van der Waals surface area (Å²) >= 11 is 0. The van der Waals surface area contributed by atoms with Crippen molar-refractivity contribution in [1.29, 1.82) is 0 Å². The Bertz CT molecular complexity index is 341. The van der Waals surface area contributed by atoms with Gasteiger partial charge in [0.1, 0.15) is 5.75 Å². The van der Waals surface area contributed by atoms with Gasteiger partial charge in [-0.25, -0.2) is 0 Å². The van der Waals surface area contributed by atoms with Crippen molar-refractivity contribution in [3.05, 3.63) is 29.8 Å². The fourth-order valence-electron chi connectivity index (χ4n) is 2.13. The standard InChI is InChI=1S/C15H23F2NO/c1-3-4-5-6-7-14(18-2)12-8-10-13(11-9-12)19-15(16)17/h8-11,14-15,18H,3-7H2,1-2H3. The monoisotopic (exact) mass is 271 g/mol. The molecular weight excluding hydrogens is 248 g/mol. The first-order valence-electron chi connectivity index (χ1n) is 6.89. The van der Waals surface area contributed by atoms with Crippen LogP contribution >= 0.6 is 0 Å². The van der Waals surface area contributed by atoms with E-state index < -0.39 is 6.61 Å². The molecule has 0 radical (unpaired) electrons. The summed E-state index contributed by atoms with van der Waals surface area (Å²) in [5.41, 5.74) is 1.11. The molecule has 1 rings (SSSR count). The average molecular weight is 271 g/mol. The predicted octanol–water partition coefficient (Wildman–Crippen LogP) is 4.52. The van der Waals surface area contributed by atoms with Gasteiger partial charge in [-0.1, -0.05) is 44.7 Å². The van der Waals surface area contributed by atoms with Crippen LogP contribution < -0.4 is 10.1 Å². The van der Waals surface area contributed by atoms with Gasteiger partial charge in [0, 0.05) is 6.04 Å². The quantitative estimate of drug-likeness (QED) is 0.667. The summed E-state index contributed by atoms with van der Waals surface area (Å²) < 4.78 is 28.4. The molecule has 0 aliphatic rings. The lowest BCUT2D eigenvalue weighted by Gasteiger charge is -2.17. The molecular formula is C15H23F2NO. The third-order valence-electron chi connectivity index (χ3n) is 3.20. The Hall–Kier alpha value is -1.16. The first-order chi connectivity index (χ1) is 9.17. The Kier molecular flexibility index (Phi) is 7.41. The van der Waals surface area contributed by atoms with Crippen molar-refractivity contribution in [2.24, 2.45) is 0 Å². The van der Waals surface area contributed by atoms with E-state index in [0.29, 0.717) is 0 Å². The number of halogens is 2. The summed E-state index contributed by atoms with van der Waals surface area (Å²) in [7, 11) is 1.92. The highest BCUT2D eigenvalue weighted by molar-refractivity contribution is 5.29. The highest BCUT2D eigenvalue weighted by atomic mass is 19.3. The Balaban J connectivity index is 2.51. The van der Waals surface area contributed by atoms with Gasteiger partial charge in [-0.2, -0.15) is 8.78 Å². The predicted molar refractivity (Wildman–Crippen MR) is 73.6 cm³/mol. The molecule has 19 heavy (non-hydrogen) atoms. The number of hydrogen-bond acceptors (Lipinski definition) is 2. The van der Waals surface area contributed by atoms with Crippen LogP contribution in [-0.4, -0.2) is 13.7 Å². The fourth-order valence-corrected chi connectivity index (χ4v) is 2.13. The Labute approximate surface area is 114 Å². The number of hydrogen-bond donors (Lipinski definition) is 1. The van der Waals surface area contributed by atoms with Gasteiger partial charge in [-0.05, 0) is 31.2 Å². The van der Waals surface area contributed by atoms with Gasteiger partial charge < -0.3 is 10.1 Å². The molecule has 0 bridgehead atoms. The summed E-state index contributed by atoms with van der Waals surface area (Å²) in [6, 6.07) is 7.16. The largest absolute Gasteiger partial charge is 0.435 e. The fraction of sp³-hybridized carbons (Fsp3) is 0.600. The van der Waals surface area contributed by atoms with Gasteiger partial charge in [-0.3, -0.25) is 0 Å². The summed E-state index contributed by atoms with van der Waals surface area (Å²) in [6.07, 6.45) is 5.96. The van der Waals surface area contributed by atoms with Crippen LogP contribution in [0.4, 0.5) is 8.78 Å². The van der Waals surface area contributed by atoms with Crippen molar-refractivity contribution in [2.75, 3.05) is 7.05 Å².